The zero-order valence-corrected chi connectivity index (χ0v) is 14.0. The number of fused-ring (bicyclic) bond motifs is 2. The van der Waals surface area contributed by atoms with Gasteiger partial charge in [-0.15, -0.1) is 23.1 Å². The minimum Gasteiger partial charge on any atom is -0.454 e. The van der Waals surface area contributed by atoms with E-state index in [4.69, 9.17) is 14.2 Å². The van der Waals surface area contributed by atoms with E-state index in [1.165, 1.54) is 21.1 Å². The van der Waals surface area contributed by atoms with Gasteiger partial charge in [0.05, 0.1) is 18.5 Å². The topological polar surface area (TPSA) is 44.8 Å². The van der Waals surface area contributed by atoms with E-state index in [9.17, 15) is 4.79 Å². The largest absolute Gasteiger partial charge is 0.454 e. The van der Waals surface area contributed by atoms with Crippen LogP contribution in [0.1, 0.15) is 0 Å². The summed E-state index contributed by atoms with van der Waals surface area (Å²) in [5, 5.41) is 3.58. The number of rotatable bonds is 4. The van der Waals surface area contributed by atoms with Crippen molar-refractivity contribution in [2.45, 2.75) is 28.5 Å². The molecule has 4 unspecified atom stereocenters. The van der Waals surface area contributed by atoms with Gasteiger partial charge in [-0.3, -0.25) is 0 Å². The van der Waals surface area contributed by atoms with Gasteiger partial charge in [0.1, 0.15) is 12.2 Å². The van der Waals surface area contributed by atoms with Crippen LogP contribution in [0, 0.1) is 0 Å². The summed E-state index contributed by atoms with van der Waals surface area (Å²) in [7, 11) is 0. The van der Waals surface area contributed by atoms with Crippen LogP contribution >= 0.6 is 23.1 Å². The minimum atomic E-state index is -0.428. The van der Waals surface area contributed by atoms with Gasteiger partial charge in [-0.05, 0) is 22.9 Å². The number of hydrogen-bond acceptors (Lipinski definition) is 6. The third-order valence-corrected chi connectivity index (χ3v) is 6.51. The summed E-state index contributed by atoms with van der Waals surface area (Å²) in [6.45, 7) is 4.41. The van der Waals surface area contributed by atoms with Gasteiger partial charge in [0.15, 0.2) is 6.10 Å². The van der Waals surface area contributed by atoms with Crippen LogP contribution in [0.5, 0.6) is 0 Å². The van der Waals surface area contributed by atoms with Gasteiger partial charge >= 0.3 is 5.97 Å². The molecule has 0 radical (unpaired) electrons. The Bertz CT molecular complexity index is 741. The van der Waals surface area contributed by atoms with Crippen LogP contribution in [0.4, 0.5) is 0 Å². The van der Waals surface area contributed by atoms with Gasteiger partial charge in [-0.1, -0.05) is 18.7 Å². The molecule has 2 aliphatic heterocycles. The van der Waals surface area contributed by atoms with Crippen LogP contribution < -0.4 is 0 Å². The molecule has 120 valence electrons. The van der Waals surface area contributed by atoms with Crippen molar-refractivity contribution in [3.63, 3.8) is 0 Å². The van der Waals surface area contributed by atoms with E-state index >= 15 is 0 Å². The number of ether oxygens (including phenoxy) is 3. The standard InChI is InChI=1S/C17H16O4S2/c1-2-14(18)21-11-8-19-16-13(9-20-15(11)16)23-12-5-3-4-10-6-7-22-17(10)12/h2-7,11,13,15-16H,1,8-9H2. The molecule has 4 atom stereocenters. The van der Waals surface area contributed by atoms with Crippen molar-refractivity contribution in [1.82, 2.24) is 0 Å². The lowest BCUT2D eigenvalue weighted by molar-refractivity contribution is -0.147. The van der Waals surface area contributed by atoms with Gasteiger partial charge in [0.2, 0.25) is 0 Å². The molecule has 6 heteroatoms. The average Bonchev–Trinajstić information content (AvgIpc) is 3.26. The molecule has 0 spiro atoms. The third-order valence-electron chi connectivity index (χ3n) is 4.12. The Morgan fingerprint density at radius 3 is 3.04 bits per heavy atom. The number of benzene rings is 1. The second-order valence-corrected chi connectivity index (χ2v) is 7.72. The number of thiophene rings is 1. The third kappa shape index (κ3) is 2.80. The summed E-state index contributed by atoms with van der Waals surface area (Å²) < 4.78 is 18.3. The van der Waals surface area contributed by atoms with Crippen molar-refractivity contribution in [2.24, 2.45) is 0 Å². The average molecular weight is 348 g/mol. The number of esters is 1. The summed E-state index contributed by atoms with van der Waals surface area (Å²) in [6, 6.07) is 8.48. The Hall–Kier alpha value is -1.34. The second kappa shape index (κ2) is 6.28. The van der Waals surface area contributed by atoms with E-state index in [0.29, 0.717) is 13.2 Å². The lowest BCUT2D eigenvalue weighted by atomic mass is 10.1. The molecule has 0 amide bonds. The molecule has 2 aliphatic rings. The summed E-state index contributed by atoms with van der Waals surface area (Å²) >= 11 is 3.54. The highest BCUT2D eigenvalue weighted by atomic mass is 32.2. The van der Waals surface area contributed by atoms with Crippen molar-refractivity contribution in [1.29, 1.82) is 0 Å². The monoisotopic (exact) mass is 348 g/mol. The van der Waals surface area contributed by atoms with E-state index in [1.54, 1.807) is 23.1 Å². The van der Waals surface area contributed by atoms with E-state index < -0.39 is 5.97 Å². The van der Waals surface area contributed by atoms with Crippen LogP contribution in [-0.2, 0) is 19.0 Å². The van der Waals surface area contributed by atoms with E-state index in [-0.39, 0.29) is 23.6 Å². The fourth-order valence-electron chi connectivity index (χ4n) is 3.05. The SMILES string of the molecule is C=CC(=O)OC1COC2C(Sc3cccc4ccsc34)COC12. The van der Waals surface area contributed by atoms with E-state index in [0.717, 1.165) is 0 Å². The van der Waals surface area contributed by atoms with Gasteiger partial charge in [0.25, 0.3) is 0 Å². The zero-order valence-electron chi connectivity index (χ0n) is 12.3. The normalized spacial score (nSPS) is 29.6. The molecule has 2 aromatic rings. The highest BCUT2D eigenvalue weighted by Gasteiger charge is 2.49. The van der Waals surface area contributed by atoms with E-state index in [1.807, 2.05) is 0 Å². The van der Waals surface area contributed by atoms with Crippen molar-refractivity contribution >= 4 is 39.2 Å². The summed E-state index contributed by atoms with van der Waals surface area (Å²) in [5.74, 6) is -0.428. The first-order valence-corrected chi connectivity index (χ1v) is 9.21. The number of carbonyl (C=O) groups is 1. The van der Waals surface area contributed by atoms with Crippen molar-refractivity contribution in [3.05, 3.63) is 42.3 Å². The molecule has 0 bridgehead atoms. The molecule has 2 fully saturated rings. The number of thioether (sulfide) groups is 1. The molecule has 23 heavy (non-hydrogen) atoms. The van der Waals surface area contributed by atoms with Crippen LogP contribution in [-0.4, -0.2) is 42.7 Å². The summed E-state index contributed by atoms with van der Waals surface area (Å²) in [6.07, 6.45) is 0.608. The fraction of sp³-hybridized carbons (Fsp3) is 0.353. The Labute approximate surface area is 142 Å². The first-order valence-electron chi connectivity index (χ1n) is 7.45. The Morgan fingerprint density at radius 1 is 1.30 bits per heavy atom. The lowest BCUT2D eigenvalue weighted by Crippen LogP contribution is -2.33. The predicted octanol–water partition coefficient (Wildman–Crippen LogP) is 3.26. The van der Waals surface area contributed by atoms with Crippen LogP contribution in [0.25, 0.3) is 10.1 Å². The first-order chi connectivity index (χ1) is 11.3. The van der Waals surface area contributed by atoms with Crippen LogP contribution in [0.15, 0.2) is 47.2 Å². The maximum Gasteiger partial charge on any atom is 0.330 e. The van der Waals surface area contributed by atoms with E-state index in [2.05, 4.69) is 36.2 Å². The molecule has 0 aliphatic carbocycles. The maximum absolute atomic E-state index is 11.4. The van der Waals surface area contributed by atoms with Gasteiger partial charge in [-0.2, -0.15) is 0 Å². The molecule has 4 nitrogen and oxygen atoms in total. The van der Waals surface area contributed by atoms with Crippen LogP contribution in [0.2, 0.25) is 0 Å². The van der Waals surface area contributed by atoms with Gasteiger partial charge in [0, 0.05) is 15.7 Å². The molecule has 4 rings (SSSR count). The van der Waals surface area contributed by atoms with Gasteiger partial charge in [-0.25, -0.2) is 4.79 Å². The smallest absolute Gasteiger partial charge is 0.330 e. The number of carbonyl (C=O) groups excluding carboxylic acids is 1. The molecule has 1 aromatic heterocycles. The molecule has 2 saturated heterocycles. The first kappa shape index (κ1) is 15.2. The lowest BCUT2D eigenvalue weighted by Gasteiger charge is -2.16. The highest BCUT2D eigenvalue weighted by molar-refractivity contribution is 8.00. The Balaban J connectivity index is 1.49. The maximum atomic E-state index is 11.4. The highest BCUT2D eigenvalue weighted by Crippen LogP contribution is 2.41. The van der Waals surface area contributed by atoms with Crippen molar-refractivity contribution in [3.8, 4) is 0 Å². The molecule has 3 heterocycles. The molecule has 1 aromatic carbocycles. The number of hydrogen-bond donors (Lipinski definition) is 0. The zero-order chi connectivity index (χ0) is 15.8. The Morgan fingerprint density at radius 2 is 2.17 bits per heavy atom. The molecule has 0 saturated carbocycles. The molecular weight excluding hydrogens is 332 g/mol. The molecule has 0 N–H and O–H groups in total. The predicted molar refractivity (Wildman–Crippen MR) is 91.0 cm³/mol. The van der Waals surface area contributed by atoms with Crippen molar-refractivity contribution in [2.75, 3.05) is 13.2 Å². The quantitative estimate of drug-likeness (QED) is 0.627. The van der Waals surface area contributed by atoms with Crippen molar-refractivity contribution < 1.29 is 19.0 Å². The summed E-state index contributed by atoms with van der Waals surface area (Å²) in [5.41, 5.74) is 0. The van der Waals surface area contributed by atoms with Crippen LogP contribution in [0.3, 0.4) is 0 Å². The van der Waals surface area contributed by atoms with Gasteiger partial charge < -0.3 is 14.2 Å². The second-order valence-electron chi connectivity index (χ2n) is 5.53. The summed E-state index contributed by atoms with van der Waals surface area (Å²) in [4.78, 5) is 12.6. The molecular formula is C17H16O4S2. The Kier molecular flexibility index (Phi) is 4.15. The minimum absolute atomic E-state index is 0.0437. The fourth-order valence-corrected chi connectivity index (χ4v) is 5.37.